The van der Waals surface area contributed by atoms with Crippen LogP contribution >= 0.6 is 15.9 Å². The molecule has 0 amide bonds. The molecule has 0 saturated carbocycles. The Bertz CT molecular complexity index is 798. The summed E-state index contributed by atoms with van der Waals surface area (Å²) in [5, 5.41) is 0. The third kappa shape index (κ3) is 5.46. The van der Waals surface area contributed by atoms with Gasteiger partial charge in [0, 0.05) is 16.6 Å². The number of halogens is 1. The molecule has 0 N–H and O–H groups in total. The molecular formula is C19H17BrO5. The lowest BCUT2D eigenvalue weighted by atomic mass is 10.1. The van der Waals surface area contributed by atoms with Gasteiger partial charge >= 0.3 is 5.97 Å². The average Bonchev–Trinajstić information content (AvgIpc) is 2.63. The molecule has 0 fully saturated rings. The van der Waals surface area contributed by atoms with E-state index in [9.17, 15) is 9.59 Å². The minimum atomic E-state index is -0.596. The van der Waals surface area contributed by atoms with E-state index in [2.05, 4.69) is 15.9 Å². The predicted molar refractivity (Wildman–Crippen MR) is 98.0 cm³/mol. The fraction of sp³-hybridized carbons (Fsp3) is 0.158. The van der Waals surface area contributed by atoms with Crippen molar-refractivity contribution in [3.63, 3.8) is 0 Å². The maximum absolute atomic E-state index is 12.2. The van der Waals surface area contributed by atoms with Crippen LogP contribution in [0.15, 0.2) is 53.0 Å². The molecule has 130 valence electrons. The first-order valence-electron chi connectivity index (χ1n) is 7.39. The molecule has 0 aliphatic rings. The van der Waals surface area contributed by atoms with Gasteiger partial charge in [0.15, 0.2) is 6.61 Å². The van der Waals surface area contributed by atoms with Crippen LogP contribution in [-0.2, 0) is 9.53 Å². The van der Waals surface area contributed by atoms with Crippen molar-refractivity contribution in [3.05, 3.63) is 64.1 Å². The third-order valence-electron chi connectivity index (χ3n) is 3.32. The van der Waals surface area contributed by atoms with Gasteiger partial charge in [-0.25, -0.2) is 4.79 Å². The number of hydrogen-bond acceptors (Lipinski definition) is 5. The van der Waals surface area contributed by atoms with Gasteiger partial charge in [0.25, 0.3) is 0 Å². The van der Waals surface area contributed by atoms with Crippen LogP contribution in [0.1, 0.15) is 15.9 Å². The smallest absolute Gasteiger partial charge is 0.331 e. The van der Waals surface area contributed by atoms with E-state index in [0.29, 0.717) is 17.1 Å². The van der Waals surface area contributed by atoms with Crippen LogP contribution in [-0.4, -0.2) is 32.6 Å². The second kappa shape index (κ2) is 9.03. The molecule has 6 heteroatoms. The fourth-order valence-corrected chi connectivity index (χ4v) is 2.48. The van der Waals surface area contributed by atoms with Crippen LogP contribution < -0.4 is 9.47 Å². The lowest BCUT2D eigenvalue weighted by Crippen LogP contribution is -2.13. The molecular weight excluding hydrogens is 388 g/mol. The summed E-state index contributed by atoms with van der Waals surface area (Å²) in [7, 11) is 2.98. The molecule has 0 heterocycles. The zero-order valence-electron chi connectivity index (χ0n) is 13.8. The Labute approximate surface area is 154 Å². The number of esters is 1. The molecule has 5 nitrogen and oxygen atoms in total. The summed E-state index contributed by atoms with van der Waals surface area (Å²) in [4.78, 5) is 24.0. The van der Waals surface area contributed by atoms with Crippen LogP contribution in [0.5, 0.6) is 11.5 Å². The van der Waals surface area contributed by atoms with E-state index < -0.39 is 5.97 Å². The first kappa shape index (κ1) is 18.7. The molecule has 0 aromatic heterocycles. The number of hydrogen-bond donors (Lipinski definition) is 0. The molecule has 0 radical (unpaired) electrons. The van der Waals surface area contributed by atoms with Gasteiger partial charge in [0.1, 0.15) is 11.5 Å². The molecule has 2 aromatic rings. The zero-order valence-corrected chi connectivity index (χ0v) is 15.4. The molecule has 0 spiro atoms. The van der Waals surface area contributed by atoms with Crippen molar-refractivity contribution < 1.29 is 23.8 Å². The SMILES string of the molecule is COc1ccc(C(=O)COC(=O)C=Cc2cccc(Br)c2)c(OC)c1. The van der Waals surface area contributed by atoms with E-state index in [1.165, 1.54) is 20.3 Å². The number of benzene rings is 2. The molecule has 25 heavy (non-hydrogen) atoms. The molecule has 0 saturated heterocycles. The predicted octanol–water partition coefficient (Wildman–Crippen LogP) is 3.91. The van der Waals surface area contributed by atoms with Crippen molar-refractivity contribution in [2.24, 2.45) is 0 Å². The second-order valence-electron chi connectivity index (χ2n) is 4.99. The number of ketones is 1. The topological polar surface area (TPSA) is 61.8 Å². The van der Waals surface area contributed by atoms with Crippen LogP contribution in [0.3, 0.4) is 0 Å². The third-order valence-corrected chi connectivity index (χ3v) is 3.81. The zero-order chi connectivity index (χ0) is 18.2. The van der Waals surface area contributed by atoms with Crippen molar-refractivity contribution in [2.45, 2.75) is 0 Å². The van der Waals surface area contributed by atoms with Crippen molar-refractivity contribution in [2.75, 3.05) is 20.8 Å². The Balaban J connectivity index is 1.96. The first-order valence-corrected chi connectivity index (χ1v) is 8.18. The van der Waals surface area contributed by atoms with Gasteiger partial charge in [-0.1, -0.05) is 28.1 Å². The molecule has 0 aliphatic carbocycles. The monoisotopic (exact) mass is 404 g/mol. The minimum Gasteiger partial charge on any atom is -0.497 e. The summed E-state index contributed by atoms with van der Waals surface area (Å²) in [6.45, 7) is -0.371. The molecule has 2 rings (SSSR count). The first-order chi connectivity index (χ1) is 12.0. The highest BCUT2D eigenvalue weighted by Gasteiger charge is 2.14. The Kier molecular flexibility index (Phi) is 6.77. The van der Waals surface area contributed by atoms with E-state index in [1.807, 2.05) is 24.3 Å². The van der Waals surface area contributed by atoms with Crippen molar-refractivity contribution in [3.8, 4) is 11.5 Å². The van der Waals surface area contributed by atoms with Crippen molar-refractivity contribution >= 4 is 33.8 Å². The van der Waals surface area contributed by atoms with Crippen LogP contribution in [0.2, 0.25) is 0 Å². The molecule has 0 bridgehead atoms. The van der Waals surface area contributed by atoms with E-state index in [-0.39, 0.29) is 12.4 Å². The van der Waals surface area contributed by atoms with Gasteiger partial charge in [-0.3, -0.25) is 4.79 Å². The van der Waals surface area contributed by atoms with Crippen LogP contribution in [0, 0.1) is 0 Å². The van der Waals surface area contributed by atoms with Crippen LogP contribution in [0.25, 0.3) is 6.08 Å². The molecule has 0 aliphatic heterocycles. The molecule has 0 unspecified atom stereocenters. The van der Waals surface area contributed by atoms with Gasteiger partial charge in [-0.05, 0) is 35.9 Å². The van der Waals surface area contributed by atoms with E-state index in [4.69, 9.17) is 14.2 Å². The fourth-order valence-electron chi connectivity index (χ4n) is 2.07. The summed E-state index contributed by atoms with van der Waals surface area (Å²) >= 11 is 3.35. The number of carbonyl (C=O) groups excluding carboxylic acids is 2. The summed E-state index contributed by atoms with van der Waals surface area (Å²) < 4.78 is 16.2. The number of rotatable bonds is 7. The summed E-state index contributed by atoms with van der Waals surface area (Å²) in [5.41, 5.74) is 1.17. The maximum atomic E-state index is 12.2. The highest BCUT2D eigenvalue weighted by Crippen LogP contribution is 2.25. The number of methoxy groups -OCH3 is 2. The Morgan fingerprint density at radius 1 is 1.08 bits per heavy atom. The highest BCUT2D eigenvalue weighted by atomic mass is 79.9. The standard InChI is InChI=1S/C19H17BrO5/c1-23-15-7-8-16(18(11-15)24-2)17(21)12-25-19(22)9-6-13-4-3-5-14(20)10-13/h3-11H,12H2,1-2H3. The van der Waals surface area contributed by atoms with Gasteiger partial charge in [-0.15, -0.1) is 0 Å². The Morgan fingerprint density at radius 2 is 1.88 bits per heavy atom. The van der Waals surface area contributed by atoms with Gasteiger partial charge < -0.3 is 14.2 Å². The largest absolute Gasteiger partial charge is 0.497 e. The number of carbonyl (C=O) groups is 2. The van der Waals surface area contributed by atoms with Crippen LogP contribution in [0.4, 0.5) is 0 Å². The molecule has 0 atom stereocenters. The Hall–Kier alpha value is -2.60. The number of ether oxygens (including phenoxy) is 3. The lowest BCUT2D eigenvalue weighted by Gasteiger charge is -2.09. The van der Waals surface area contributed by atoms with Gasteiger partial charge in [-0.2, -0.15) is 0 Å². The van der Waals surface area contributed by atoms with Gasteiger partial charge in [0.05, 0.1) is 19.8 Å². The summed E-state index contributed by atoms with van der Waals surface area (Å²) in [6.07, 6.45) is 2.89. The van der Waals surface area contributed by atoms with Crippen molar-refractivity contribution in [1.29, 1.82) is 0 Å². The quantitative estimate of drug-likeness (QED) is 0.397. The van der Waals surface area contributed by atoms with E-state index in [0.717, 1.165) is 10.0 Å². The average molecular weight is 405 g/mol. The normalized spacial score (nSPS) is 10.5. The minimum absolute atomic E-state index is 0.326. The lowest BCUT2D eigenvalue weighted by molar-refractivity contribution is -0.136. The summed E-state index contributed by atoms with van der Waals surface area (Å²) in [5.74, 6) is -0.0167. The summed E-state index contributed by atoms with van der Waals surface area (Å²) in [6, 6.07) is 12.3. The molecule has 2 aromatic carbocycles. The highest BCUT2D eigenvalue weighted by molar-refractivity contribution is 9.10. The van der Waals surface area contributed by atoms with Crippen molar-refractivity contribution in [1.82, 2.24) is 0 Å². The Morgan fingerprint density at radius 3 is 2.56 bits per heavy atom. The van der Waals surface area contributed by atoms with E-state index in [1.54, 1.807) is 24.3 Å². The van der Waals surface area contributed by atoms with E-state index >= 15 is 0 Å². The van der Waals surface area contributed by atoms with Gasteiger partial charge in [0.2, 0.25) is 5.78 Å². The maximum Gasteiger partial charge on any atom is 0.331 e. The second-order valence-corrected chi connectivity index (χ2v) is 5.90. The number of Topliss-reactive ketones (excluding diaryl/α,β-unsaturated/α-hetero) is 1.